The number of aliphatic hydroxyl groups excluding tert-OH is 2. The number of imidazole rings is 2. The van der Waals surface area contributed by atoms with Gasteiger partial charge < -0.3 is 10.2 Å². The van der Waals surface area contributed by atoms with Gasteiger partial charge in [-0.25, -0.2) is 18.3 Å². The van der Waals surface area contributed by atoms with E-state index in [4.69, 9.17) is 0 Å². The van der Waals surface area contributed by atoms with Gasteiger partial charge in [-0.15, -0.1) is 0 Å². The summed E-state index contributed by atoms with van der Waals surface area (Å²) in [7, 11) is 0. The van der Waals surface area contributed by atoms with Crippen LogP contribution in [0.2, 0.25) is 0 Å². The molecular formula is C34H64N4O2+2. The van der Waals surface area contributed by atoms with Crippen LogP contribution in [-0.2, 0) is 26.2 Å². The molecule has 0 saturated heterocycles. The zero-order valence-corrected chi connectivity index (χ0v) is 26.3. The van der Waals surface area contributed by atoms with E-state index in [2.05, 4.69) is 69.6 Å². The van der Waals surface area contributed by atoms with Crippen molar-refractivity contribution in [1.82, 2.24) is 9.13 Å². The van der Waals surface area contributed by atoms with Crippen molar-refractivity contribution < 1.29 is 19.3 Å². The zero-order valence-electron chi connectivity index (χ0n) is 26.3. The lowest BCUT2D eigenvalue weighted by atomic mass is 10.1. The molecule has 6 nitrogen and oxygen atoms in total. The van der Waals surface area contributed by atoms with E-state index in [1.165, 1.54) is 89.9 Å². The van der Waals surface area contributed by atoms with Gasteiger partial charge in [-0.2, -0.15) is 0 Å². The van der Waals surface area contributed by atoms with Crippen molar-refractivity contribution in [2.75, 3.05) is 0 Å². The summed E-state index contributed by atoms with van der Waals surface area (Å²) in [4.78, 5) is 0. The summed E-state index contributed by atoms with van der Waals surface area (Å²) in [5, 5.41) is 20.9. The average molecular weight is 561 g/mol. The molecule has 0 fully saturated rings. The van der Waals surface area contributed by atoms with Crippen molar-refractivity contribution in [2.45, 2.75) is 181 Å². The van der Waals surface area contributed by atoms with E-state index in [1.54, 1.807) is 0 Å². The Hall–Kier alpha value is -1.66. The second-order valence-corrected chi connectivity index (χ2v) is 12.2. The van der Waals surface area contributed by atoms with Crippen molar-refractivity contribution in [1.29, 1.82) is 0 Å². The van der Waals surface area contributed by atoms with Crippen molar-refractivity contribution >= 4 is 0 Å². The SMILES string of the molecule is CCCCCCCCCCC(O)C[n+]1ccn(CCCCn2cc[n+](CC(O)CCCCCCCCCC)c2)c1. The molecule has 2 unspecified atom stereocenters. The Bertz CT molecular complexity index is 765. The molecule has 0 aliphatic rings. The predicted molar refractivity (Wildman–Crippen MR) is 165 cm³/mol. The largest absolute Gasteiger partial charge is 0.389 e. The predicted octanol–water partition coefficient (Wildman–Crippen LogP) is 7.13. The summed E-state index contributed by atoms with van der Waals surface area (Å²) in [6, 6.07) is 0. The van der Waals surface area contributed by atoms with Crippen LogP contribution in [0.4, 0.5) is 0 Å². The third kappa shape index (κ3) is 17.2. The highest BCUT2D eigenvalue weighted by Crippen LogP contribution is 2.12. The van der Waals surface area contributed by atoms with E-state index in [0.717, 1.165) is 51.6 Å². The Morgan fingerprint density at radius 1 is 0.500 bits per heavy atom. The molecule has 0 aromatic carbocycles. The van der Waals surface area contributed by atoms with Gasteiger partial charge >= 0.3 is 0 Å². The monoisotopic (exact) mass is 561 g/mol. The van der Waals surface area contributed by atoms with E-state index >= 15 is 0 Å². The van der Waals surface area contributed by atoms with E-state index < -0.39 is 0 Å². The van der Waals surface area contributed by atoms with Gasteiger partial charge in [-0.3, -0.25) is 0 Å². The number of hydrogen-bond donors (Lipinski definition) is 2. The molecule has 2 heterocycles. The topological polar surface area (TPSA) is 58.1 Å². The summed E-state index contributed by atoms with van der Waals surface area (Å²) in [5.74, 6) is 0. The fourth-order valence-electron chi connectivity index (χ4n) is 5.64. The van der Waals surface area contributed by atoms with E-state index in [1.807, 2.05) is 0 Å². The minimum absolute atomic E-state index is 0.250. The van der Waals surface area contributed by atoms with Gasteiger partial charge in [0.1, 0.15) is 37.9 Å². The lowest BCUT2D eigenvalue weighted by molar-refractivity contribution is -0.703. The maximum absolute atomic E-state index is 10.4. The smallest absolute Gasteiger partial charge is 0.243 e. The highest BCUT2D eigenvalue weighted by molar-refractivity contribution is 4.69. The van der Waals surface area contributed by atoms with Gasteiger partial charge in [0, 0.05) is 0 Å². The van der Waals surface area contributed by atoms with Gasteiger partial charge in [0.2, 0.25) is 12.7 Å². The van der Waals surface area contributed by atoms with Crippen LogP contribution in [0.3, 0.4) is 0 Å². The summed E-state index contributed by atoms with van der Waals surface area (Å²) in [6.45, 7) is 7.91. The first-order chi connectivity index (χ1) is 19.6. The lowest BCUT2D eigenvalue weighted by Crippen LogP contribution is -2.38. The molecule has 6 heteroatoms. The summed E-state index contributed by atoms with van der Waals surface area (Å²) >= 11 is 0. The maximum atomic E-state index is 10.4. The molecule has 2 N–H and O–H groups in total. The first kappa shape index (κ1) is 34.5. The minimum atomic E-state index is -0.250. The Balaban J connectivity index is 1.49. The fourth-order valence-corrected chi connectivity index (χ4v) is 5.64. The van der Waals surface area contributed by atoms with Crippen LogP contribution in [0, 0.1) is 0 Å². The minimum Gasteiger partial charge on any atom is -0.389 e. The standard InChI is InChI=1S/C34H64N4O2/c1-3-5-7-9-11-13-15-17-21-33(39)29-37-27-25-35(31-37)23-19-20-24-36-26-28-38(32-36)30-34(40)22-18-16-14-12-10-8-6-4-2/h25-28,31-34,39-40H,3-24,29-30H2,1-2H3/q+2. The van der Waals surface area contributed by atoms with Crippen LogP contribution >= 0.6 is 0 Å². The number of nitrogens with zero attached hydrogens (tertiary/aromatic N) is 4. The van der Waals surface area contributed by atoms with Crippen LogP contribution in [0.25, 0.3) is 0 Å². The van der Waals surface area contributed by atoms with Crippen LogP contribution in [0.1, 0.15) is 142 Å². The van der Waals surface area contributed by atoms with Gasteiger partial charge in [-0.05, 0) is 25.7 Å². The van der Waals surface area contributed by atoms with Crippen molar-refractivity contribution in [2.24, 2.45) is 0 Å². The highest BCUT2D eigenvalue weighted by atomic mass is 16.3. The first-order valence-electron chi connectivity index (χ1n) is 17.1. The van der Waals surface area contributed by atoms with Crippen LogP contribution in [0.15, 0.2) is 37.4 Å². The quantitative estimate of drug-likeness (QED) is 0.0902. The van der Waals surface area contributed by atoms with Gasteiger partial charge in [0.25, 0.3) is 0 Å². The molecule has 0 radical (unpaired) electrons. The van der Waals surface area contributed by atoms with Gasteiger partial charge in [-0.1, -0.05) is 117 Å². The summed E-state index contributed by atoms with van der Waals surface area (Å²) in [5.41, 5.74) is 0. The number of aliphatic hydroxyl groups is 2. The molecule has 2 aromatic rings. The Morgan fingerprint density at radius 2 is 0.850 bits per heavy atom. The molecule has 2 aromatic heterocycles. The van der Waals surface area contributed by atoms with E-state index in [-0.39, 0.29) is 12.2 Å². The van der Waals surface area contributed by atoms with Crippen molar-refractivity contribution in [3.05, 3.63) is 37.4 Å². The second-order valence-electron chi connectivity index (χ2n) is 12.2. The first-order valence-corrected chi connectivity index (χ1v) is 17.1. The van der Waals surface area contributed by atoms with Crippen molar-refractivity contribution in [3.63, 3.8) is 0 Å². The second kappa shape index (κ2) is 23.0. The molecule has 0 aliphatic heterocycles. The maximum Gasteiger partial charge on any atom is 0.243 e. The number of unbranched alkanes of at least 4 members (excludes halogenated alkanes) is 15. The normalized spacial score (nSPS) is 13.2. The average Bonchev–Trinajstić information content (AvgIpc) is 3.58. The van der Waals surface area contributed by atoms with Crippen LogP contribution in [0.5, 0.6) is 0 Å². The molecule has 40 heavy (non-hydrogen) atoms. The Labute approximate surface area is 246 Å². The molecular weight excluding hydrogens is 496 g/mol. The molecule has 2 rings (SSSR count). The summed E-state index contributed by atoms with van der Waals surface area (Å²) in [6.07, 6.45) is 37.2. The summed E-state index contributed by atoms with van der Waals surface area (Å²) < 4.78 is 8.73. The Kier molecular flexibility index (Phi) is 19.8. The number of aryl methyl sites for hydroxylation is 2. The highest BCUT2D eigenvalue weighted by Gasteiger charge is 2.12. The van der Waals surface area contributed by atoms with Crippen LogP contribution in [-0.4, -0.2) is 31.6 Å². The molecule has 2 atom stereocenters. The van der Waals surface area contributed by atoms with Gasteiger partial charge in [0.05, 0.1) is 25.3 Å². The lowest BCUT2D eigenvalue weighted by Gasteiger charge is -2.08. The van der Waals surface area contributed by atoms with Crippen LogP contribution < -0.4 is 9.13 Å². The number of rotatable bonds is 27. The molecule has 0 amide bonds. The number of aromatic nitrogens is 4. The fraction of sp³-hybridized carbons (Fsp3) is 0.824. The molecule has 0 saturated carbocycles. The zero-order chi connectivity index (χ0) is 28.7. The Morgan fingerprint density at radius 3 is 1.23 bits per heavy atom. The molecule has 0 aliphatic carbocycles. The molecule has 0 bridgehead atoms. The van der Waals surface area contributed by atoms with E-state index in [9.17, 15) is 10.2 Å². The molecule has 0 spiro atoms. The molecule has 230 valence electrons. The number of hydrogen-bond acceptors (Lipinski definition) is 2. The third-order valence-corrected chi connectivity index (χ3v) is 8.20. The third-order valence-electron chi connectivity index (χ3n) is 8.20. The van der Waals surface area contributed by atoms with Gasteiger partial charge in [0.15, 0.2) is 0 Å². The van der Waals surface area contributed by atoms with Crippen molar-refractivity contribution in [3.8, 4) is 0 Å². The van der Waals surface area contributed by atoms with E-state index in [0.29, 0.717) is 13.1 Å².